The Morgan fingerprint density at radius 1 is 1.35 bits per heavy atom. The van der Waals surface area contributed by atoms with E-state index in [1.165, 1.54) is 6.26 Å². The second kappa shape index (κ2) is 6.75. The average Bonchev–Trinajstić information content (AvgIpc) is 3.37. The largest absolute Gasteiger partial charge is 0.469 e. The van der Waals surface area contributed by atoms with Crippen molar-refractivity contribution >= 4 is 5.91 Å². The zero-order chi connectivity index (χ0) is 18.1. The molecule has 9 nitrogen and oxygen atoms in total. The number of likely N-dealkylation sites (tertiary alicyclic amines) is 1. The van der Waals surface area contributed by atoms with Crippen molar-refractivity contribution in [2.24, 2.45) is 7.05 Å². The van der Waals surface area contributed by atoms with Crippen molar-refractivity contribution < 1.29 is 9.21 Å². The first-order valence-corrected chi connectivity index (χ1v) is 8.52. The Kier molecular flexibility index (Phi) is 4.29. The fraction of sp³-hybridized carbons (Fsp3) is 0.412. The van der Waals surface area contributed by atoms with Gasteiger partial charge < -0.3 is 9.73 Å². The van der Waals surface area contributed by atoms with Gasteiger partial charge in [0.1, 0.15) is 5.76 Å². The first-order valence-electron chi connectivity index (χ1n) is 8.52. The maximum absolute atomic E-state index is 12.6. The lowest BCUT2D eigenvalue weighted by Crippen LogP contribution is -2.41. The van der Waals surface area contributed by atoms with Gasteiger partial charge in [-0.25, -0.2) is 4.68 Å². The van der Waals surface area contributed by atoms with Gasteiger partial charge in [0, 0.05) is 39.1 Å². The van der Waals surface area contributed by atoms with Gasteiger partial charge in [-0.2, -0.15) is 5.10 Å². The predicted molar refractivity (Wildman–Crippen MR) is 92.2 cm³/mol. The Labute approximate surface area is 150 Å². The summed E-state index contributed by atoms with van der Waals surface area (Å²) in [6.07, 6.45) is 6.81. The zero-order valence-corrected chi connectivity index (χ0v) is 14.7. The molecule has 4 heterocycles. The number of amides is 1. The second-order valence-electron chi connectivity index (χ2n) is 6.56. The number of furan rings is 1. The topological polar surface area (TPSA) is 94.0 Å². The molecule has 1 fully saturated rings. The molecule has 9 heteroatoms. The Balaban J connectivity index is 1.52. The second-order valence-corrected chi connectivity index (χ2v) is 6.56. The number of hydrogen-bond acceptors (Lipinski definition) is 6. The third kappa shape index (κ3) is 3.13. The van der Waals surface area contributed by atoms with Crippen LogP contribution >= 0.6 is 0 Å². The summed E-state index contributed by atoms with van der Waals surface area (Å²) in [7, 11) is 1.93. The van der Waals surface area contributed by atoms with Crippen molar-refractivity contribution in [3.05, 3.63) is 54.0 Å². The number of aryl methyl sites for hydroxylation is 2. The van der Waals surface area contributed by atoms with Gasteiger partial charge >= 0.3 is 0 Å². The van der Waals surface area contributed by atoms with Crippen LogP contribution in [0.25, 0.3) is 0 Å². The fourth-order valence-electron chi connectivity index (χ4n) is 3.45. The third-order valence-corrected chi connectivity index (χ3v) is 4.87. The lowest BCUT2D eigenvalue weighted by atomic mass is 10.1. The van der Waals surface area contributed by atoms with Crippen molar-refractivity contribution in [2.45, 2.75) is 25.6 Å². The van der Waals surface area contributed by atoms with Gasteiger partial charge in [-0.15, -0.1) is 5.10 Å². The van der Waals surface area contributed by atoms with Crippen molar-refractivity contribution in [3.63, 3.8) is 0 Å². The maximum Gasteiger partial charge on any atom is 0.255 e. The first kappa shape index (κ1) is 16.5. The summed E-state index contributed by atoms with van der Waals surface area (Å²) in [6.45, 7) is 4.04. The highest BCUT2D eigenvalue weighted by atomic mass is 16.3. The van der Waals surface area contributed by atoms with Gasteiger partial charge in [0.15, 0.2) is 0 Å². The van der Waals surface area contributed by atoms with Crippen LogP contribution in [0.15, 0.2) is 41.4 Å². The van der Waals surface area contributed by atoms with E-state index in [9.17, 15) is 4.79 Å². The molecule has 0 radical (unpaired) electrons. The molecule has 2 atom stereocenters. The smallest absolute Gasteiger partial charge is 0.255 e. The maximum atomic E-state index is 12.6. The van der Waals surface area contributed by atoms with Gasteiger partial charge in [-0.3, -0.25) is 14.4 Å². The van der Waals surface area contributed by atoms with Crippen molar-refractivity contribution in [3.8, 4) is 0 Å². The zero-order valence-electron chi connectivity index (χ0n) is 14.7. The lowest BCUT2D eigenvalue weighted by molar-refractivity contribution is 0.0928. The van der Waals surface area contributed by atoms with Gasteiger partial charge in [0.25, 0.3) is 5.91 Å². The van der Waals surface area contributed by atoms with E-state index in [0.29, 0.717) is 11.3 Å². The van der Waals surface area contributed by atoms with E-state index >= 15 is 0 Å². The van der Waals surface area contributed by atoms with E-state index < -0.39 is 0 Å². The Morgan fingerprint density at radius 3 is 2.88 bits per heavy atom. The summed E-state index contributed by atoms with van der Waals surface area (Å²) < 4.78 is 8.93. The van der Waals surface area contributed by atoms with Gasteiger partial charge in [-0.1, -0.05) is 5.21 Å². The molecule has 0 saturated carbocycles. The van der Waals surface area contributed by atoms with Crippen LogP contribution in [0.5, 0.6) is 0 Å². The van der Waals surface area contributed by atoms with Crippen LogP contribution < -0.4 is 5.32 Å². The minimum Gasteiger partial charge on any atom is -0.469 e. The average molecular weight is 355 g/mol. The number of rotatable bonds is 5. The van der Waals surface area contributed by atoms with E-state index in [-0.39, 0.29) is 18.0 Å². The summed E-state index contributed by atoms with van der Waals surface area (Å²) in [5.74, 6) is 0.485. The van der Waals surface area contributed by atoms with E-state index in [1.807, 2.05) is 28.7 Å². The molecule has 0 aromatic carbocycles. The quantitative estimate of drug-likeness (QED) is 0.726. The molecule has 0 unspecified atom stereocenters. The van der Waals surface area contributed by atoms with E-state index in [1.54, 1.807) is 25.4 Å². The number of carbonyl (C=O) groups is 1. The van der Waals surface area contributed by atoms with Crippen LogP contribution in [0.4, 0.5) is 0 Å². The molecule has 26 heavy (non-hydrogen) atoms. The molecule has 1 aliphatic rings. The molecule has 1 aliphatic heterocycles. The Bertz CT molecular complexity index is 883. The molecular weight excluding hydrogens is 334 g/mol. The monoisotopic (exact) mass is 355 g/mol. The number of hydrogen-bond donors (Lipinski definition) is 1. The van der Waals surface area contributed by atoms with E-state index in [2.05, 4.69) is 25.6 Å². The highest BCUT2D eigenvalue weighted by Gasteiger charge is 2.36. The van der Waals surface area contributed by atoms with Gasteiger partial charge in [0.2, 0.25) is 0 Å². The van der Waals surface area contributed by atoms with E-state index in [4.69, 9.17) is 4.42 Å². The fourth-order valence-corrected chi connectivity index (χ4v) is 3.45. The Hall–Kier alpha value is -2.94. The number of nitrogens with one attached hydrogen (secondary N) is 1. The van der Waals surface area contributed by atoms with Gasteiger partial charge in [-0.05, 0) is 19.1 Å². The molecule has 3 aromatic rings. The molecule has 136 valence electrons. The van der Waals surface area contributed by atoms with Crippen LogP contribution in [-0.2, 0) is 13.6 Å². The number of nitrogens with zero attached hydrogens (tertiary/aromatic N) is 6. The minimum atomic E-state index is -0.131. The molecule has 0 spiro atoms. The lowest BCUT2D eigenvalue weighted by Gasteiger charge is -2.19. The normalized spacial score (nSPS) is 20.5. The minimum absolute atomic E-state index is 0.0156. The van der Waals surface area contributed by atoms with Crippen molar-refractivity contribution in [1.29, 1.82) is 0 Å². The molecular formula is C17H21N7O2. The molecule has 4 rings (SSSR count). The number of aromatic nitrogens is 5. The highest BCUT2D eigenvalue weighted by Crippen LogP contribution is 2.23. The molecule has 3 aromatic heterocycles. The van der Waals surface area contributed by atoms with Crippen molar-refractivity contribution in [2.75, 3.05) is 13.1 Å². The molecule has 1 saturated heterocycles. The van der Waals surface area contributed by atoms with Gasteiger partial charge in [0.05, 0.1) is 35.8 Å². The van der Waals surface area contributed by atoms with Crippen molar-refractivity contribution in [1.82, 2.24) is 35.0 Å². The standard InChI is InChI=1S/C17H21N7O2/c1-12-14(4-8-26-12)17(25)20-15-10-23(9-13-3-5-19-22(13)2)11-16(15)24-7-6-18-21-24/h3-8,15-16H,9-11H2,1-2H3,(H,20,25)/t15-,16+/m1/s1. The highest BCUT2D eigenvalue weighted by molar-refractivity contribution is 5.95. The number of carbonyl (C=O) groups excluding carboxylic acids is 1. The summed E-state index contributed by atoms with van der Waals surface area (Å²) in [5.41, 5.74) is 1.69. The summed E-state index contributed by atoms with van der Waals surface area (Å²) in [5, 5.41) is 15.4. The third-order valence-electron chi connectivity index (χ3n) is 4.87. The van der Waals surface area contributed by atoms with E-state index in [0.717, 1.165) is 25.3 Å². The van der Waals surface area contributed by atoms with Crippen LogP contribution in [0, 0.1) is 6.92 Å². The summed E-state index contributed by atoms with van der Waals surface area (Å²) in [6, 6.07) is 3.64. The predicted octanol–water partition coefficient (Wildman–Crippen LogP) is 0.769. The van der Waals surface area contributed by atoms with Crippen LogP contribution in [0.3, 0.4) is 0 Å². The van der Waals surface area contributed by atoms with Crippen LogP contribution in [0.2, 0.25) is 0 Å². The summed E-state index contributed by atoms with van der Waals surface area (Å²) in [4.78, 5) is 14.9. The van der Waals surface area contributed by atoms with Crippen LogP contribution in [-0.4, -0.2) is 54.7 Å². The first-order chi connectivity index (χ1) is 12.6. The molecule has 0 aliphatic carbocycles. The van der Waals surface area contributed by atoms with Crippen LogP contribution in [0.1, 0.15) is 27.9 Å². The molecule has 0 bridgehead atoms. The molecule has 1 amide bonds. The molecule has 1 N–H and O–H groups in total. The SMILES string of the molecule is Cc1occc1C(=O)N[C@@H]1CN(Cc2ccnn2C)C[C@@H]1n1ccnn1. The summed E-state index contributed by atoms with van der Waals surface area (Å²) >= 11 is 0. The Morgan fingerprint density at radius 2 is 2.23 bits per heavy atom.